The van der Waals surface area contributed by atoms with Gasteiger partial charge < -0.3 is 4.74 Å². The molecule has 7 heteroatoms. The van der Waals surface area contributed by atoms with Gasteiger partial charge in [0.15, 0.2) is 5.75 Å². The maximum atomic E-state index is 11.0. The van der Waals surface area contributed by atoms with Crippen molar-refractivity contribution in [2.24, 2.45) is 0 Å². The van der Waals surface area contributed by atoms with Crippen molar-refractivity contribution in [3.63, 3.8) is 0 Å². The zero-order valence-corrected chi connectivity index (χ0v) is 9.00. The van der Waals surface area contributed by atoms with Crippen molar-refractivity contribution in [1.82, 2.24) is 0 Å². The van der Waals surface area contributed by atoms with E-state index in [0.717, 1.165) is 0 Å². The molecular formula is C8H5Cl2NO4. The van der Waals surface area contributed by atoms with Gasteiger partial charge >= 0.3 is 5.69 Å². The van der Waals surface area contributed by atoms with E-state index in [4.69, 9.17) is 27.9 Å². The monoisotopic (exact) mass is 249 g/mol. The number of nitro groups is 1. The lowest BCUT2D eigenvalue weighted by Crippen LogP contribution is -2.02. The van der Waals surface area contributed by atoms with E-state index >= 15 is 0 Å². The number of methoxy groups -OCH3 is 1. The highest BCUT2D eigenvalue weighted by Gasteiger charge is 2.27. The Kier molecular flexibility index (Phi) is 3.49. The van der Waals surface area contributed by atoms with Crippen molar-refractivity contribution in [2.45, 2.75) is 0 Å². The van der Waals surface area contributed by atoms with Gasteiger partial charge in [-0.3, -0.25) is 14.9 Å². The summed E-state index contributed by atoms with van der Waals surface area (Å²) in [5.41, 5.74) is -0.882. The first-order valence-corrected chi connectivity index (χ1v) is 4.45. The summed E-state index contributed by atoms with van der Waals surface area (Å²) < 4.78 is 4.74. The van der Waals surface area contributed by atoms with Gasteiger partial charge in [0.05, 0.1) is 17.1 Å². The molecule has 0 radical (unpaired) electrons. The second-order valence-corrected chi connectivity index (χ2v) is 3.25. The van der Waals surface area contributed by atoms with Crippen molar-refractivity contribution in [1.29, 1.82) is 0 Å². The normalized spacial score (nSPS) is 9.80. The van der Waals surface area contributed by atoms with Crippen molar-refractivity contribution < 1.29 is 14.5 Å². The molecule has 0 fully saturated rings. The first-order chi connectivity index (χ1) is 6.99. The van der Waals surface area contributed by atoms with E-state index in [1.165, 1.54) is 19.2 Å². The third-order valence-corrected chi connectivity index (χ3v) is 2.19. The van der Waals surface area contributed by atoms with E-state index in [-0.39, 0.29) is 16.3 Å². The average molecular weight is 250 g/mol. The molecule has 0 bridgehead atoms. The smallest absolute Gasteiger partial charge is 0.324 e. The number of halogens is 2. The van der Waals surface area contributed by atoms with Gasteiger partial charge in [0.2, 0.25) is 0 Å². The number of nitro benzene ring substituents is 1. The fraction of sp³-hybridized carbons (Fsp3) is 0.125. The average Bonchev–Trinajstić information content (AvgIpc) is 2.16. The minimum atomic E-state index is -0.995. The molecule has 0 N–H and O–H groups in total. The van der Waals surface area contributed by atoms with Crippen molar-refractivity contribution >= 4 is 34.1 Å². The summed E-state index contributed by atoms with van der Waals surface area (Å²) in [5, 5.41) is 9.64. The molecule has 0 amide bonds. The molecule has 80 valence electrons. The first-order valence-electron chi connectivity index (χ1n) is 3.69. The Morgan fingerprint density at radius 3 is 2.53 bits per heavy atom. The number of carbonyl (C=O) groups excluding carboxylic acids is 1. The van der Waals surface area contributed by atoms with E-state index < -0.39 is 15.9 Å². The van der Waals surface area contributed by atoms with Crippen LogP contribution in [0, 0.1) is 10.1 Å². The van der Waals surface area contributed by atoms with Gasteiger partial charge in [-0.15, -0.1) is 0 Å². The molecule has 15 heavy (non-hydrogen) atoms. The van der Waals surface area contributed by atoms with E-state index in [1.54, 1.807) is 0 Å². The molecular weight excluding hydrogens is 245 g/mol. The topological polar surface area (TPSA) is 69.4 Å². The predicted molar refractivity (Wildman–Crippen MR) is 54.8 cm³/mol. The fourth-order valence-corrected chi connectivity index (χ4v) is 1.56. The molecule has 0 aromatic heterocycles. The number of carbonyl (C=O) groups is 1. The Balaban J connectivity index is 3.58. The summed E-state index contributed by atoms with van der Waals surface area (Å²) in [6.45, 7) is 0. The van der Waals surface area contributed by atoms with E-state index in [1.807, 2.05) is 0 Å². The van der Waals surface area contributed by atoms with Gasteiger partial charge in [-0.25, -0.2) is 0 Å². The Hall–Kier alpha value is -1.33. The third kappa shape index (κ3) is 2.19. The van der Waals surface area contributed by atoms with E-state index in [9.17, 15) is 14.9 Å². The van der Waals surface area contributed by atoms with Gasteiger partial charge in [-0.2, -0.15) is 0 Å². The Morgan fingerprint density at radius 1 is 1.53 bits per heavy atom. The molecule has 5 nitrogen and oxygen atoms in total. The van der Waals surface area contributed by atoms with Crippen LogP contribution < -0.4 is 4.74 Å². The lowest BCUT2D eigenvalue weighted by Gasteiger charge is -2.05. The quantitative estimate of drug-likeness (QED) is 0.469. The number of ether oxygens (including phenoxy) is 1. The predicted octanol–water partition coefficient (Wildman–Crippen LogP) is 2.64. The minimum absolute atomic E-state index is 0.0617. The second kappa shape index (κ2) is 4.46. The maximum absolute atomic E-state index is 11.0. The van der Waals surface area contributed by atoms with Gasteiger partial charge in [0.25, 0.3) is 5.24 Å². The summed E-state index contributed by atoms with van der Waals surface area (Å²) in [7, 11) is 1.25. The molecule has 0 saturated carbocycles. The highest BCUT2D eigenvalue weighted by atomic mass is 35.5. The molecule has 0 aliphatic heterocycles. The van der Waals surface area contributed by atoms with Crippen LogP contribution in [0.25, 0.3) is 0 Å². The summed E-state index contributed by atoms with van der Waals surface area (Å²) >= 11 is 10.8. The third-order valence-electron chi connectivity index (χ3n) is 1.69. The fourth-order valence-electron chi connectivity index (χ4n) is 1.08. The lowest BCUT2D eigenvalue weighted by molar-refractivity contribution is -0.386. The van der Waals surface area contributed by atoms with E-state index in [2.05, 4.69) is 0 Å². The second-order valence-electron chi connectivity index (χ2n) is 2.50. The zero-order chi connectivity index (χ0) is 11.6. The van der Waals surface area contributed by atoms with Crippen LogP contribution in [0.4, 0.5) is 5.69 Å². The molecule has 1 rings (SSSR count). The zero-order valence-electron chi connectivity index (χ0n) is 7.49. The van der Waals surface area contributed by atoms with Crippen LogP contribution in [0.5, 0.6) is 5.75 Å². The SMILES string of the molecule is COc1ccc(Cl)c(C(=O)Cl)c1[N+](=O)[O-]. The summed E-state index contributed by atoms with van der Waals surface area (Å²) in [6.07, 6.45) is 0. The molecule has 0 heterocycles. The number of nitrogens with zero attached hydrogens (tertiary/aromatic N) is 1. The number of rotatable bonds is 3. The van der Waals surface area contributed by atoms with E-state index in [0.29, 0.717) is 0 Å². The molecule has 0 unspecified atom stereocenters. The highest BCUT2D eigenvalue weighted by molar-refractivity contribution is 6.69. The van der Waals surface area contributed by atoms with Gasteiger partial charge in [-0.05, 0) is 23.7 Å². The molecule has 0 spiro atoms. The van der Waals surface area contributed by atoms with Crippen LogP contribution >= 0.6 is 23.2 Å². The van der Waals surface area contributed by atoms with Gasteiger partial charge in [0.1, 0.15) is 5.56 Å². The Bertz CT molecular complexity index is 433. The number of benzene rings is 1. The first kappa shape index (κ1) is 11.7. The van der Waals surface area contributed by atoms with Crippen molar-refractivity contribution in [3.05, 3.63) is 32.8 Å². The van der Waals surface area contributed by atoms with Gasteiger partial charge in [-0.1, -0.05) is 11.6 Å². The molecule has 0 aliphatic carbocycles. The minimum Gasteiger partial charge on any atom is -0.490 e. The van der Waals surface area contributed by atoms with Crippen molar-refractivity contribution in [2.75, 3.05) is 7.11 Å². The van der Waals surface area contributed by atoms with Crippen LogP contribution in [0.1, 0.15) is 10.4 Å². The Morgan fingerprint density at radius 2 is 2.13 bits per heavy atom. The summed E-state index contributed by atoms with van der Waals surface area (Å²) in [4.78, 5) is 20.9. The standard InChI is InChI=1S/C8H5Cl2NO4/c1-15-5-3-2-4(9)6(8(10)12)7(5)11(13)14/h2-3H,1H3. The lowest BCUT2D eigenvalue weighted by atomic mass is 10.2. The molecule has 1 aromatic carbocycles. The van der Waals surface area contributed by atoms with Crippen LogP contribution in [-0.4, -0.2) is 17.3 Å². The molecule has 0 aliphatic rings. The number of hydrogen-bond acceptors (Lipinski definition) is 4. The molecule has 0 saturated heterocycles. The van der Waals surface area contributed by atoms with Crippen LogP contribution in [0.15, 0.2) is 12.1 Å². The van der Waals surface area contributed by atoms with Gasteiger partial charge in [0, 0.05) is 0 Å². The Labute approximate surface area is 94.7 Å². The van der Waals surface area contributed by atoms with Crippen LogP contribution in [0.3, 0.4) is 0 Å². The summed E-state index contributed by atoms with van der Waals surface area (Å²) in [5.74, 6) is -0.0617. The molecule has 1 aromatic rings. The largest absolute Gasteiger partial charge is 0.490 e. The molecule has 0 atom stereocenters. The number of hydrogen-bond donors (Lipinski definition) is 0. The van der Waals surface area contributed by atoms with Crippen LogP contribution in [0.2, 0.25) is 5.02 Å². The van der Waals surface area contributed by atoms with Crippen LogP contribution in [-0.2, 0) is 0 Å². The maximum Gasteiger partial charge on any atom is 0.324 e. The summed E-state index contributed by atoms with van der Waals surface area (Å²) in [6, 6.07) is 2.60. The van der Waals surface area contributed by atoms with Crippen molar-refractivity contribution in [3.8, 4) is 5.75 Å². The highest BCUT2D eigenvalue weighted by Crippen LogP contribution is 2.36.